The predicted molar refractivity (Wildman–Crippen MR) is 136 cm³/mol. The molecule has 1 heterocycles. The van der Waals surface area contributed by atoms with Crippen LogP contribution in [-0.4, -0.2) is 30.6 Å². The van der Waals surface area contributed by atoms with Crippen LogP contribution in [0.4, 0.5) is 0 Å². The summed E-state index contributed by atoms with van der Waals surface area (Å²) in [6.45, 7) is 12.5. The summed E-state index contributed by atoms with van der Waals surface area (Å²) >= 11 is 0. The third-order valence-corrected chi connectivity index (χ3v) is 7.33. The Labute approximate surface area is 194 Å². The van der Waals surface area contributed by atoms with Crippen LogP contribution in [0.1, 0.15) is 123 Å². The zero-order valence-electron chi connectivity index (χ0n) is 21.3. The second-order valence-electron chi connectivity index (χ2n) is 10.5. The number of piperidine rings is 1. The molecule has 2 rings (SSSR count). The van der Waals surface area contributed by atoms with E-state index in [1.807, 2.05) is 0 Å². The molecule has 1 fully saturated rings. The molecule has 1 aliphatic heterocycles. The fourth-order valence-corrected chi connectivity index (χ4v) is 5.07. The Bertz CT molecular complexity index is 565. The molecule has 0 N–H and O–H groups in total. The van der Waals surface area contributed by atoms with Crippen LogP contribution in [0.3, 0.4) is 0 Å². The lowest BCUT2D eigenvalue weighted by atomic mass is 9.80. The van der Waals surface area contributed by atoms with E-state index in [1.54, 1.807) is 0 Å². The summed E-state index contributed by atoms with van der Waals surface area (Å²) in [5.74, 6) is 1.03. The Balaban J connectivity index is 1.70. The Morgan fingerprint density at radius 1 is 0.871 bits per heavy atom. The molecule has 1 atom stereocenters. The molecular formula is C29H51NO. The van der Waals surface area contributed by atoms with Gasteiger partial charge in [-0.1, -0.05) is 104 Å². The minimum Gasteiger partial charge on any atom is -0.492 e. The van der Waals surface area contributed by atoms with Gasteiger partial charge >= 0.3 is 0 Å². The van der Waals surface area contributed by atoms with Gasteiger partial charge in [0.05, 0.1) is 0 Å². The highest BCUT2D eigenvalue weighted by atomic mass is 16.5. The number of unbranched alkanes of at least 4 members (excludes halogenated alkanes) is 7. The van der Waals surface area contributed by atoms with E-state index in [0.717, 1.165) is 24.9 Å². The molecule has 0 radical (unpaired) electrons. The van der Waals surface area contributed by atoms with Crippen molar-refractivity contribution in [1.29, 1.82) is 0 Å². The van der Waals surface area contributed by atoms with Gasteiger partial charge in [-0.05, 0) is 55.3 Å². The van der Waals surface area contributed by atoms with E-state index in [0.29, 0.717) is 0 Å². The molecule has 1 aromatic carbocycles. The highest BCUT2D eigenvalue weighted by molar-refractivity contribution is 5.31. The maximum atomic E-state index is 6.13. The molecule has 2 nitrogen and oxygen atoms in total. The summed E-state index contributed by atoms with van der Waals surface area (Å²) in [4.78, 5) is 2.68. The fourth-order valence-electron chi connectivity index (χ4n) is 5.07. The maximum Gasteiger partial charge on any atom is 0.119 e. The number of hydrogen-bond donors (Lipinski definition) is 0. The van der Waals surface area contributed by atoms with Crippen LogP contribution in [0.25, 0.3) is 0 Å². The standard InChI is InChI=1S/C29H51NO/c1-5-7-9-10-11-12-14-22-29(3,4)26-18-20-28(21-19-26)31-25-24-30-23-15-13-17-27(30)16-8-6-2/h18-21,27H,5-17,22-25H2,1-4H3. The molecule has 0 aliphatic carbocycles. The Hall–Kier alpha value is -1.02. The van der Waals surface area contributed by atoms with Crippen molar-refractivity contribution in [3.63, 3.8) is 0 Å². The molecule has 0 spiro atoms. The molecule has 178 valence electrons. The fraction of sp³-hybridized carbons (Fsp3) is 0.793. The summed E-state index contributed by atoms with van der Waals surface area (Å²) in [5.41, 5.74) is 1.70. The van der Waals surface area contributed by atoms with Crippen LogP contribution < -0.4 is 4.74 Å². The van der Waals surface area contributed by atoms with Gasteiger partial charge in [-0.15, -0.1) is 0 Å². The minimum atomic E-state index is 0.252. The molecule has 0 bridgehead atoms. The summed E-state index contributed by atoms with van der Waals surface area (Å²) in [6.07, 6.45) is 19.1. The average Bonchev–Trinajstić information content (AvgIpc) is 2.78. The maximum absolute atomic E-state index is 6.13. The Morgan fingerprint density at radius 2 is 1.55 bits per heavy atom. The Kier molecular flexibility index (Phi) is 12.6. The largest absolute Gasteiger partial charge is 0.492 e. The normalized spacial score (nSPS) is 17.7. The van der Waals surface area contributed by atoms with E-state index < -0.39 is 0 Å². The van der Waals surface area contributed by atoms with Crippen molar-refractivity contribution in [1.82, 2.24) is 4.90 Å². The molecule has 1 aliphatic rings. The first-order chi connectivity index (χ1) is 15.1. The summed E-state index contributed by atoms with van der Waals surface area (Å²) < 4.78 is 6.13. The lowest BCUT2D eigenvalue weighted by molar-refractivity contribution is 0.115. The second-order valence-corrected chi connectivity index (χ2v) is 10.5. The van der Waals surface area contributed by atoms with Gasteiger partial charge in [0, 0.05) is 12.6 Å². The van der Waals surface area contributed by atoms with E-state index in [-0.39, 0.29) is 5.41 Å². The van der Waals surface area contributed by atoms with E-state index in [1.165, 1.54) is 102 Å². The predicted octanol–water partition coefficient (Wildman–Crippen LogP) is 8.53. The van der Waals surface area contributed by atoms with Crippen LogP contribution in [0, 0.1) is 0 Å². The first-order valence-electron chi connectivity index (χ1n) is 13.5. The van der Waals surface area contributed by atoms with Crippen molar-refractivity contribution >= 4 is 0 Å². The number of benzene rings is 1. The van der Waals surface area contributed by atoms with Gasteiger partial charge in [0.2, 0.25) is 0 Å². The summed E-state index contributed by atoms with van der Waals surface area (Å²) in [5, 5.41) is 0. The summed E-state index contributed by atoms with van der Waals surface area (Å²) in [6, 6.07) is 9.74. The van der Waals surface area contributed by atoms with Gasteiger partial charge in [0.1, 0.15) is 12.4 Å². The average molecular weight is 430 g/mol. The van der Waals surface area contributed by atoms with Gasteiger partial charge in [0.15, 0.2) is 0 Å². The van der Waals surface area contributed by atoms with Crippen molar-refractivity contribution in [2.45, 2.75) is 129 Å². The molecule has 0 amide bonds. The van der Waals surface area contributed by atoms with Gasteiger partial charge in [-0.2, -0.15) is 0 Å². The number of ether oxygens (including phenoxy) is 1. The minimum absolute atomic E-state index is 0.252. The van der Waals surface area contributed by atoms with Crippen molar-refractivity contribution < 1.29 is 4.74 Å². The molecular weight excluding hydrogens is 378 g/mol. The second kappa shape index (κ2) is 14.9. The molecule has 31 heavy (non-hydrogen) atoms. The van der Waals surface area contributed by atoms with Gasteiger partial charge in [-0.3, -0.25) is 4.90 Å². The zero-order valence-corrected chi connectivity index (χ0v) is 21.3. The van der Waals surface area contributed by atoms with Crippen LogP contribution in [0.2, 0.25) is 0 Å². The highest BCUT2D eigenvalue weighted by Gasteiger charge is 2.22. The topological polar surface area (TPSA) is 12.5 Å². The lowest BCUT2D eigenvalue weighted by Crippen LogP contribution is -2.41. The Morgan fingerprint density at radius 3 is 2.26 bits per heavy atom. The van der Waals surface area contributed by atoms with Crippen LogP contribution in [0.5, 0.6) is 5.75 Å². The molecule has 1 unspecified atom stereocenters. The van der Waals surface area contributed by atoms with Gasteiger partial charge < -0.3 is 4.74 Å². The third kappa shape index (κ3) is 9.98. The molecule has 0 aromatic heterocycles. The quantitative estimate of drug-likeness (QED) is 0.244. The third-order valence-electron chi connectivity index (χ3n) is 7.33. The molecule has 1 aromatic rings. The van der Waals surface area contributed by atoms with Gasteiger partial charge in [0.25, 0.3) is 0 Å². The van der Waals surface area contributed by atoms with Crippen LogP contribution >= 0.6 is 0 Å². The number of hydrogen-bond acceptors (Lipinski definition) is 2. The number of rotatable bonds is 16. The molecule has 1 saturated heterocycles. The van der Waals surface area contributed by atoms with Gasteiger partial charge in [-0.25, -0.2) is 0 Å². The van der Waals surface area contributed by atoms with Crippen LogP contribution in [-0.2, 0) is 5.41 Å². The zero-order chi connectivity index (χ0) is 22.4. The summed E-state index contributed by atoms with van der Waals surface area (Å²) in [7, 11) is 0. The van der Waals surface area contributed by atoms with E-state index in [9.17, 15) is 0 Å². The van der Waals surface area contributed by atoms with E-state index in [2.05, 4.69) is 56.9 Å². The van der Waals surface area contributed by atoms with Crippen molar-refractivity contribution in [3.8, 4) is 5.75 Å². The molecule has 2 heteroatoms. The van der Waals surface area contributed by atoms with E-state index >= 15 is 0 Å². The smallest absolute Gasteiger partial charge is 0.119 e. The first kappa shape index (κ1) is 26.2. The SMILES string of the molecule is CCCCCCCCCC(C)(C)c1ccc(OCCN2CCCCC2CCCC)cc1. The highest BCUT2D eigenvalue weighted by Crippen LogP contribution is 2.31. The monoisotopic (exact) mass is 429 g/mol. The van der Waals surface area contributed by atoms with Crippen molar-refractivity contribution in [2.75, 3.05) is 19.7 Å². The number of likely N-dealkylation sites (tertiary alicyclic amines) is 1. The van der Waals surface area contributed by atoms with E-state index in [4.69, 9.17) is 4.74 Å². The first-order valence-corrected chi connectivity index (χ1v) is 13.5. The lowest BCUT2D eigenvalue weighted by Gasteiger charge is -2.35. The van der Waals surface area contributed by atoms with Crippen molar-refractivity contribution in [2.24, 2.45) is 0 Å². The number of nitrogens with zero attached hydrogens (tertiary/aromatic N) is 1. The molecule has 0 saturated carbocycles. The van der Waals surface area contributed by atoms with Crippen molar-refractivity contribution in [3.05, 3.63) is 29.8 Å². The van der Waals surface area contributed by atoms with Crippen LogP contribution in [0.15, 0.2) is 24.3 Å².